The topological polar surface area (TPSA) is 72.8 Å². The van der Waals surface area contributed by atoms with Crippen molar-refractivity contribution in [2.75, 3.05) is 19.8 Å². The number of unbranched alkanes of at least 4 members (excludes halogenated alkanes) is 1. The van der Waals surface area contributed by atoms with Crippen LogP contribution < -0.4 is 0 Å². The molecular weight excluding hydrogens is 452 g/mol. The van der Waals surface area contributed by atoms with Crippen molar-refractivity contribution in [2.24, 2.45) is 0 Å². The predicted octanol–water partition coefficient (Wildman–Crippen LogP) is 8.28. The van der Waals surface area contributed by atoms with Crippen LogP contribution in [-0.4, -0.2) is 36.9 Å². The highest BCUT2D eigenvalue weighted by molar-refractivity contribution is 5.72. The zero-order valence-corrected chi connectivity index (χ0v) is 23.7. The minimum absolute atomic E-state index is 0.318. The highest BCUT2D eigenvalue weighted by atomic mass is 16.6. The van der Waals surface area contributed by atoms with Gasteiger partial charge in [-0.2, -0.15) is 0 Å². The first-order chi connectivity index (χ1) is 17.1. The molecule has 0 aliphatic heterocycles. The lowest BCUT2D eigenvalue weighted by Gasteiger charge is -2.05. The third kappa shape index (κ3) is 23.3. The van der Waals surface area contributed by atoms with E-state index in [9.17, 15) is 9.59 Å². The standard InChI is InChI=1S/C31H50O5/c1-25(2)13-9-16-28(5)19-10-17-26(3)14-7-8-15-27(4)18-11-20-29(6)21-12-22-36-31(34)24-35-23-30(32)33/h13-15,19-20H,7-12,16-18,21-24H2,1-6H3,(H,32,33)/b26-14+,27-15+,28-19+,29-20+. The molecule has 0 heterocycles. The predicted molar refractivity (Wildman–Crippen MR) is 150 cm³/mol. The summed E-state index contributed by atoms with van der Waals surface area (Å²) in [5, 5.41) is 8.46. The number of rotatable bonds is 20. The Kier molecular flexibility index (Phi) is 20.4. The maximum atomic E-state index is 11.4. The lowest BCUT2D eigenvalue weighted by Crippen LogP contribution is -2.17. The summed E-state index contributed by atoms with van der Waals surface area (Å²) in [5.41, 5.74) is 7.09. The molecule has 0 radical (unpaired) electrons. The molecule has 0 aromatic rings. The van der Waals surface area contributed by atoms with E-state index in [1.165, 1.54) is 27.9 Å². The first-order valence-electron chi connectivity index (χ1n) is 13.3. The summed E-state index contributed by atoms with van der Waals surface area (Å²) in [6.07, 6.45) is 22.2. The quantitative estimate of drug-likeness (QED) is 0.103. The number of carbonyl (C=O) groups excluding carboxylic acids is 1. The fourth-order valence-electron chi connectivity index (χ4n) is 3.55. The summed E-state index contributed by atoms with van der Waals surface area (Å²) in [4.78, 5) is 21.7. The van der Waals surface area contributed by atoms with Gasteiger partial charge in [0.2, 0.25) is 0 Å². The molecular formula is C31H50O5. The summed E-state index contributed by atoms with van der Waals surface area (Å²) in [6, 6.07) is 0. The smallest absolute Gasteiger partial charge is 0.332 e. The number of ether oxygens (including phenoxy) is 2. The lowest BCUT2D eigenvalue weighted by molar-refractivity contribution is -0.152. The molecule has 0 spiro atoms. The monoisotopic (exact) mass is 502 g/mol. The maximum Gasteiger partial charge on any atom is 0.332 e. The van der Waals surface area contributed by atoms with Gasteiger partial charge < -0.3 is 14.6 Å². The summed E-state index contributed by atoms with van der Waals surface area (Å²) in [7, 11) is 0. The highest BCUT2D eigenvalue weighted by Crippen LogP contribution is 2.14. The Balaban J connectivity index is 3.98. The molecule has 0 bridgehead atoms. The second-order valence-corrected chi connectivity index (χ2v) is 9.89. The molecule has 0 aliphatic rings. The second kappa shape index (κ2) is 21.8. The number of hydrogen-bond acceptors (Lipinski definition) is 4. The van der Waals surface area contributed by atoms with Crippen molar-refractivity contribution in [3.63, 3.8) is 0 Å². The lowest BCUT2D eigenvalue weighted by atomic mass is 10.0. The van der Waals surface area contributed by atoms with Crippen molar-refractivity contribution in [3.8, 4) is 0 Å². The maximum absolute atomic E-state index is 11.4. The largest absolute Gasteiger partial charge is 0.480 e. The molecule has 36 heavy (non-hydrogen) atoms. The number of aliphatic carboxylic acids is 1. The van der Waals surface area contributed by atoms with Crippen LogP contribution in [0, 0.1) is 0 Å². The first kappa shape index (κ1) is 33.6. The van der Waals surface area contributed by atoms with Crippen LogP contribution in [0.1, 0.15) is 106 Å². The van der Waals surface area contributed by atoms with Gasteiger partial charge in [0.25, 0.3) is 0 Å². The number of carbonyl (C=O) groups is 2. The van der Waals surface area contributed by atoms with Gasteiger partial charge in [-0.15, -0.1) is 0 Å². The normalized spacial score (nSPS) is 13.1. The van der Waals surface area contributed by atoms with Gasteiger partial charge in [-0.1, -0.05) is 58.2 Å². The van der Waals surface area contributed by atoms with E-state index < -0.39 is 18.5 Å². The Morgan fingerprint density at radius 2 is 1.06 bits per heavy atom. The van der Waals surface area contributed by atoms with Crippen molar-refractivity contribution in [3.05, 3.63) is 58.2 Å². The third-order valence-electron chi connectivity index (χ3n) is 5.73. The minimum atomic E-state index is -1.10. The van der Waals surface area contributed by atoms with Crippen LogP contribution in [0.4, 0.5) is 0 Å². The number of carboxylic acid groups (broad SMARTS) is 1. The third-order valence-corrected chi connectivity index (χ3v) is 5.73. The molecule has 0 aliphatic carbocycles. The van der Waals surface area contributed by atoms with E-state index in [2.05, 4.69) is 71.9 Å². The molecule has 0 aromatic heterocycles. The molecule has 0 fully saturated rings. The van der Waals surface area contributed by atoms with Gasteiger partial charge in [0, 0.05) is 0 Å². The molecule has 204 valence electrons. The Labute approximate surface area is 220 Å². The van der Waals surface area contributed by atoms with Gasteiger partial charge in [0.05, 0.1) is 6.61 Å². The van der Waals surface area contributed by atoms with Gasteiger partial charge in [0.1, 0.15) is 13.2 Å². The fraction of sp³-hybridized carbons (Fsp3) is 0.613. The van der Waals surface area contributed by atoms with E-state index in [-0.39, 0.29) is 6.61 Å². The molecule has 5 nitrogen and oxygen atoms in total. The Bertz CT molecular complexity index is 792. The van der Waals surface area contributed by atoms with E-state index in [0.29, 0.717) is 6.61 Å². The molecule has 0 rings (SSSR count). The van der Waals surface area contributed by atoms with Gasteiger partial charge in [-0.3, -0.25) is 0 Å². The first-order valence-corrected chi connectivity index (χ1v) is 13.3. The molecule has 0 saturated carbocycles. The van der Waals surface area contributed by atoms with Crippen LogP contribution >= 0.6 is 0 Å². The second-order valence-electron chi connectivity index (χ2n) is 9.89. The molecule has 1 N–H and O–H groups in total. The number of hydrogen-bond donors (Lipinski definition) is 1. The summed E-state index contributed by atoms with van der Waals surface area (Å²) in [5.74, 6) is -1.63. The molecule has 0 saturated heterocycles. The van der Waals surface area contributed by atoms with Crippen LogP contribution in [0.15, 0.2) is 58.2 Å². The zero-order chi connectivity index (χ0) is 27.2. The van der Waals surface area contributed by atoms with Gasteiger partial charge in [-0.25, -0.2) is 9.59 Å². The number of esters is 1. The molecule has 0 aromatic carbocycles. The van der Waals surface area contributed by atoms with Crippen molar-refractivity contribution < 1.29 is 24.2 Å². The zero-order valence-electron chi connectivity index (χ0n) is 23.7. The van der Waals surface area contributed by atoms with Gasteiger partial charge in [0.15, 0.2) is 0 Å². The van der Waals surface area contributed by atoms with Crippen LogP contribution in [0.5, 0.6) is 0 Å². The average Bonchev–Trinajstić information content (AvgIpc) is 2.79. The summed E-state index contributed by atoms with van der Waals surface area (Å²) in [6.45, 7) is 12.6. The van der Waals surface area contributed by atoms with Gasteiger partial charge in [-0.05, 0) is 106 Å². The highest BCUT2D eigenvalue weighted by Gasteiger charge is 2.05. The van der Waals surface area contributed by atoms with E-state index in [4.69, 9.17) is 14.6 Å². The summed E-state index contributed by atoms with van der Waals surface area (Å²) >= 11 is 0. The van der Waals surface area contributed by atoms with E-state index >= 15 is 0 Å². The molecule has 0 unspecified atom stereocenters. The van der Waals surface area contributed by atoms with Crippen molar-refractivity contribution in [2.45, 2.75) is 106 Å². The van der Waals surface area contributed by atoms with E-state index in [1.54, 1.807) is 0 Å². The molecule has 5 heteroatoms. The van der Waals surface area contributed by atoms with Crippen LogP contribution in [0.2, 0.25) is 0 Å². The Morgan fingerprint density at radius 3 is 1.53 bits per heavy atom. The number of allylic oxidation sites excluding steroid dienone is 10. The van der Waals surface area contributed by atoms with E-state index in [1.807, 2.05) is 0 Å². The summed E-state index contributed by atoms with van der Waals surface area (Å²) < 4.78 is 9.74. The average molecular weight is 503 g/mol. The van der Waals surface area contributed by atoms with Crippen molar-refractivity contribution in [1.82, 2.24) is 0 Å². The molecule has 0 amide bonds. The van der Waals surface area contributed by atoms with Crippen LogP contribution in [0.25, 0.3) is 0 Å². The van der Waals surface area contributed by atoms with E-state index in [0.717, 1.165) is 64.2 Å². The minimum Gasteiger partial charge on any atom is -0.480 e. The van der Waals surface area contributed by atoms with Crippen molar-refractivity contribution in [1.29, 1.82) is 0 Å². The van der Waals surface area contributed by atoms with Crippen LogP contribution in [-0.2, 0) is 19.1 Å². The Hall–Kier alpha value is -2.40. The van der Waals surface area contributed by atoms with Gasteiger partial charge >= 0.3 is 11.9 Å². The SMILES string of the molecule is CC(C)=CCC/C(C)=C/CC/C(C)=C/CC/C=C(\C)CC/C=C(\C)CCCOC(=O)COCC(=O)O. The van der Waals surface area contributed by atoms with Crippen molar-refractivity contribution >= 4 is 11.9 Å². The van der Waals surface area contributed by atoms with Crippen LogP contribution in [0.3, 0.4) is 0 Å². The Morgan fingerprint density at radius 1 is 0.611 bits per heavy atom. The fourth-order valence-corrected chi connectivity index (χ4v) is 3.55. The number of carboxylic acids is 1. The molecule has 0 atom stereocenters.